The summed E-state index contributed by atoms with van der Waals surface area (Å²) in [7, 11) is 0. The standard InChI is InChI=1S/C14H22N2O3/c1-11(2)9-13(17)10-15-8-7-12-5-3-4-6-14(12)16(18)19/h3-6,11,13,15,17H,7-10H2,1-2H3. The number of nitro groups is 1. The summed E-state index contributed by atoms with van der Waals surface area (Å²) >= 11 is 0. The fourth-order valence-electron chi connectivity index (χ4n) is 2.02. The number of nitrogens with one attached hydrogen (secondary N) is 1. The second-order valence-electron chi connectivity index (χ2n) is 5.12. The van der Waals surface area contributed by atoms with Crippen molar-refractivity contribution in [2.45, 2.75) is 32.8 Å². The summed E-state index contributed by atoms with van der Waals surface area (Å²) in [6.07, 6.45) is 0.995. The minimum absolute atomic E-state index is 0.159. The number of benzene rings is 1. The van der Waals surface area contributed by atoms with Gasteiger partial charge in [-0.15, -0.1) is 0 Å². The van der Waals surface area contributed by atoms with Crippen LogP contribution in [0.5, 0.6) is 0 Å². The van der Waals surface area contributed by atoms with Gasteiger partial charge in [0.1, 0.15) is 0 Å². The topological polar surface area (TPSA) is 75.4 Å². The summed E-state index contributed by atoms with van der Waals surface area (Å²) in [5.41, 5.74) is 0.880. The predicted octanol–water partition coefficient (Wildman–Crippen LogP) is 2.13. The molecule has 1 aromatic rings. The molecule has 5 nitrogen and oxygen atoms in total. The van der Waals surface area contributed by atoms with E-state index in [1.165, 1.54) is 6.07 Å². The van der Waals surface area contributed by atoms with E-state index < -0.39 is 0 Å². The van der Waals surface area contributed by atoms with Crippen LogP contribution in [0.2, 0.25) is 0 Å². The molecule has 1 unspecified atom stereocenters. The largest absolute Gasteiger partial charge is 0.392 e. The molecule has 0 fully saturated rings. The molecule has 1 atom stereocenters. The van der Waals surface area contributed by atoms with Gasteiger partial charge in [0.05, 0.1) is 11.0 Å². The first-order valence-corrected chi connectivity index (χ1v) is 6.61. The van der Waals surface area contributed by atoms with Crippen LogP contribution in [0.1, 0.15) is 25.8 Å². The lowest BCUT2D eigenvalue weighted by molar-refractivity contribution is -0.385. The van der Waals surface area contributed by atoms with Crippen molar-refractivity contribution < 1.29 is 10.0 Å². The highest BCUT2D eigenvalue weighted by Gasteiger charge is 2.12. The fourth-order valence-corrected chi connectivity index (χ4v) is 2.02. The van der Waals surface area contributed by atoms with Gasteiger partial charge in [-0.2, -0.15) is 0 Å². The third kappa shape index (κ3) is 5.81. The van der Waals surface area contributed by atoms with Crippen LogP contribution in [0.15, 0.2) is 24.3 Å². The number of nitrogens with zero attached hydrogens (tertiary/aromatic N) is 1. The zero-order valence-corrected chi connectivity index (χ0v) is 11.5. The van der Waals surface area contributed by atoms with E-state index >= 15 is 0 Å². The van der Waals surface area contributed by atoms with Crippen molar-refractivity contribution in [3.63, 3.8) is 0 Å². The highest BCUT2D eigenvalue weighted by molar-refractivity contribution is 5.39. The monoisotopic (exact) mass is 266 g/mol. The fraction of sp³-hybridized carbons (Fsp3) is 0.571. The average molecular weight is 266 g/mol. The van der Waals surface area contributed by atoms with Crippen molar-refractivity contribution in [2.75, 3.05) is 13.1 Å². The van der Waals surface area contributed by atoms with Gasteiger partial charge in [0.25, 0.3) is 5.69 Å². The molecule has 0 heterocycles. The second kappa shape index (κ2) is 7.86. The Morgan fingerprint density at radius 1 is 1.37 bits per heavy atom. The van der Waals surface area contributed by atoms with E-state index in [1.807, 2.05) is 0 Å². The van der Waals surface area contributed by atoms with Gasteiger partial charge in [-0.25, -0.2) is 0 Å². The number of para-hydroxylation sites is 1. The molecular formula is C14H22N2O3. The molecule has 0 amide bonds. The van der Waals surface area contributed by atoms with Gasteiger partial charge in [-0.05, 0) is 25.3 Å². The summed E-state index contributed by atoms with van der Waals surface area (Å²) in [5.74, 6) is 0.465. The molecule has 0 spiro atoms. The molecule has 1 aromatic carbocycles. The van der Waals surface area contributed by atoms with E-state index in [1.54, 1.807) is 18.2 Å². The summed E-state index contributed by atoms with van der Waals surface area (Å²) < 4.78 is 0. The van der Waals surface area contributed by atoms with Crippen LogP contribution in [0, 0.1) is 16.0 Å². The predicted molar refractivity (Wildman–Crippen MR) is 75.1 cm³/mol. The van der Waals surface area contributed by atoms with E-state index in [4.69, 9.17) is 0 Å². The Balaban J connectivity index is 2.35. The average Bonchev–Trinajstić information content (AvgIpc) is 2.34. The highest BCUT2D eigenvalue weighted by atomic mass is 16.6. The summed E-state index contributed by atoms with van der Waals surface area (Å²) in [6.45, 7) is 5.28. The van der Waals surface area contributed by atoms with Crippen molar-refractivity contribution in [1.29, 1.82) is 0 Å². The normalized spacial score (nSPS) is 12.6. The van der Waals surface area contributed by atoms with Crippen LogP contribution in [-0.2, 0) is 6.42 Å². The third-order valence-corrected chi connectivity index (χ3v) is 2.88. The number of nitro benzene ring substituents is 1. The Morgan fingerprint density at radius 3 is 2.68 bits per heavy atom. The maximum absolute atomic E-state index is 10.8. The molecule has 0 aliphatic rings. The molecule has 0 saturated carbocycles. The quantitative estimate of drug-likeness (QED) is 0.429. The van der Waals surface area contributed by atoms with E-state index in [2.05, 4.69) is 19.2 Å². The smallest absolute Gasteiger partial charge is 0.272 e. The number of aliphatic hydroxyl groups is 1. The Labute approximate surface area is 113 Å². The van der Waals surface area contributed by atoms with Crippen LogP contribution in [0.4, 0.5) is 5.69 Å². The van der Waals surface area contributed by atoms with Gasteiger partial charge < -0.3 is 10.4 Å². The Morgan fingerprint density at radius 2 is 2.05 bits per heavy atom. The molecule has 19 heavy (non-hydrogen) atoms. The minimum Gasteiger partial charge on any atom is -0.392 e. The maximum atomic E-state index is 10.8. The van der Waals surface area contributed by atoms with Crippen molar-refractivity contribution in [3.8, 4) is 0 Å². The second-order valence-corrected chi connectivity index (χ2v) is 5.12. The third-order valence-electron chi connectivity index (χ3n) is 2.88. The van der Waals surface area contributed by atoms with E-state index in [9.17, 15) is 15.2 Å². The van der Waals surface area contributed by atoms with Crippen molar-refractivity contribution in [1.82, 2.24) is 5.32 Å². The Kier molecular flexibility index (Phi) is 6.45. The van der Waals surface area contributed by atoms with Crippen molar-refractivity contribution >= 4 is 5.69 Å². The Hall–Kier alpha value is -1.46. The van der Waals surface area contributed by atoms with Crippen LogP contribution in [0.3, 0.4) is 0 Å². The van der Waals surface area contributed by atoms with E-state index in [0.29, 0.717) is 25.4 Å². The van der Waals surface area contributed by atoms with Gasteiger partial charge in [-0.3, -0.25) is 10.1 Å². The van der Waals surface area contributed by atoms with Crippen LogP contribution in [-0.4, -0.2) is 29.2 Å². The van der Waals surface area contributed by atoms with E-state index in [-0.39, 0.29) is 16.7 Å². The SMILES string of the molecule is CC(C)CC(O)CNCCc1ccccc1[N+](=O)[O-]. The number of aliphatic hydroxyl groups excluding tert-OH is 1. The van der Waals surface area contributed by atoms with Crippen LogP contribution < -0.4 is 5.32 Å². The van der Waals surface area contributed by atoms with Gasteiger partial charge in [0, 0.05) is 18.2 Å². The van der Waals surface area contributed by atoms with Crippen molar-refractivity contribution in [2.24, 2.45) is 5.92 Å². The van der Waals surface area contributed by atoms with Crippen LogP contribution in [0.25, 0.3) is 0 Å². The molecule has 1 rings (SSSR count). The molecule has 0 radical (unpaired) electrons. The van der Waals surface area contributed by atoms with Gasteiger partial charge >= 0.3 is 0 Å². The van der Waals surface area contributed by atoms with E-state index in [0.717, 1.165) is 12.0 Å². The molecule has 0 aromatic heterocycles. The van der Waals surface area contributed by atoms with Crippen molar-refractivity contribution in [3.05, 3.63) is 39.9 Å². The molecule has 5 heteroatoms. The molecule has 0 aliphatic heterocycles. The lowest BCUT2D eigenvalue weighted by atomic mass is 10.1. The molecule has 0 bridgehead atoms. The van der Waals surface area contributed by atoms with Gasteiger partial charge in [0.2, 0.25) is 0 Å². The van der Waals surface area contributed by atoms with Gasteiger partial charge in [0.15, 0.2) is 0 Å². The zero-order valence-electron chi connectivity index (χ0n) is 11.5. The zero-order chi connectivity index (χ0) is 14.3. The minimum atomic E-state index is -0.358. The van der Waals surface area contributed by atoms with Crippen LogP contribution >= 0.6 is 0 Å². The summed E-state index contributed by atoms with van der Waals surface area (Å²) in [5, 5.41) is 23.7. The molecule has 0 aliphatic carbocycles. The summed E-state index contributed by atoms with van der Waals surface area (Å²) in [6, 6.07) is 6.75. The first-order valence-electron chi connectivity index (χ1n) is 6.61. The Bertz CT molecular complexity index is 407. The molecule has 2 N–H and O–H groups in total. The lowest BCUT2D eigenvalue weighted by Gasteiger charge is -2.13. The first kappa shape index (κ1) is 15.6. The highest BCUT2D eigenvalue weighted by Crippen LogP contribution is 2.17. The first-order chi connectivity index (χ1) is 9.00. The van der Waals surface area contributed by atoms with Gasteiger partial charge in [-0.1, -0.05) is 32.0 Å². The summed E-state index contributed by atoms with van der Waals surface area (Å²) in [4.78, 5) is 10.5. The number of hydrogen-bond acceptors (Lipinski definition) is 4. The maximum Gasteiger partial charge on any atom is 0.272 e. The molecule has 0 saturated heterocycles. The molecular weight excluding hydrogens is 244 g/mol. The number of rotatable bonds is 8. The lowest BCUT2D eigenvalue weighted by Crippen LogP contribution is -2.29. The molecule has 106 valence electrons. The number of hydrogen-bond donors (Lipinski definition) is 2.